The number of nitrogens with one attached hydrogen (secondary N) is 1. The van der Waals surface area contributed by atoms with Gasteiger partial charge in [-0.2, -0.15) is 0 Å². The minimum atomic E-state index is -0.332. The molecule has 2 amide bonds. The zero-order valence-electron chi connectivity index (χ0n) is 8.62. The second-order valence-corrected chi connectivity index (χ2v) is 3.28. The van der Waals surface area contributed by atoms with Gasteiger partial charge in [0.1, 0.15) is 0 Å². The summed E-state index contributed by atoms with van der Waals surface area (Å²) in [5, 5.41) is 2.62. The Morgan fingerprint density at radius 3 is 2.43 bits per heavy atom. The van der Waals surface area contributed by atoms with E-state index in [1.807, 2.05) is 0 Å². The van der Waals surface area contributed by atoms with Gasteiger partial charge < -0.3 is 11.1 Å². The largest absolute Gasteiger partial charge is 0.355 e. The third kappa shape index (κ3) is 4.13. The molecule has 0 aromatic heterocycles. The summed E-state index contributed by atoms with van der Waals surface area (Å²) in [5.41, 5.74) is 5.31. The molecule has 80 valence electrons. The normalized spacial score (nSPS) is 14.2. The average Bonchev–Trinajstić information content (AvgIpc) is 2.22. The average molecular weight is 199 g/mol. The van der Waals surface area contributed by atoms with Gasteiger partial charge in [-0.05, 0) is 6.72 Å². The van der Waals surface area contributed by atoms with Crippen molar-refractivity contribution in [2.45, 2.75) is 13.8 Å². The molecule has 0 spiro atoms. The van der Waals surface area contributed by atoms with Crippen LogP contribution in [0.5, 0.6) is 0 Å². The Bertz CT molecular complexity index is 228. The number of amides is 2. The van der Waals surface area contributed by atoms with Gasteiger partial charge in [-0.1, -0.05) is 13.8 Å². The Morgan fingerprint density at radius 1 is 1.43 bits per heavy atom. The molecule has 0 radical (unpaired) electrons. The van der Waals surface area contributed by atoms with Crippen LogP contribution in [0.3, 0.4) is 0 Å². The molecular weight excluding hydrogens is 182 g/mol. The molecule has 0 saturated heterocycles. The zero-order chi connectivity index (χ0) is 11.1. The van der Waals surface area contributed by atoms with Crippen LogP contribution in [0.1, 0.15) is 13.8 Å². The molecule has 3 N–H and O–H groups in total. The molecule has 0 aliphatic rings. The lowest BCUT2D eigenvalue weighted by molar-refractivity contribution is -0.125. The van der Waals surface area contributed by atoms with Gasteiger partial charge in [0.2, 0.25) is 11.8 Å². The second kappa shape index (κ2) is 6.26. The fourth-order valence-corrected chi connectivity index (χ4v) is 0.778. The lowest BCUT2D eigenvalue weighted by Crippen LogP contribution is -2.37. The van der Waals surface area contributed by atoms with Crippen molar-refractivity contribution in [1.29, 1.82) is 0 Å². The SMILES string of the molecule is C=NC(=O)C(C)CNC(=O)C(C)CN. The highest BCUT2D eigenvalue weighted by Crippen LogP contribution is 1.97. The lowest BCUT2D eigenvalue weighted by atomic mass is 10.1. The Kier molecular flexibility index (Phi) is 5.71. The molecule has 0 aromatic rings. The van der Waals surface area contributed by atoms with Crippen molar-refractivity contribution in [3.63, 3.8) is 0 Å². The van der Waals surface area contributed by atoms with E-state index in [2.05, 4.69) is 17.0 Å². The Balaban J connectivity index is 3.88. The number of rotatable bonds is 5. The molecule has 2 atom stereocenters. The van der Waals surface area contributed by atoms with Crippen LogP contribution in [0.15, 0.2) is 4.99 Å². The van der Waals surface area contributed by atoms with Gasteiger partial charge in [0.15, 0.2) is 0 Å². The third-order valence-electron chi connectivity index (χ3n) is 1.96. The first-order valence-electron chi connectivity index (χ1n) is 4.51. The molecule has 0 rings (SSSR count). The van der Waals surface area contributed by atoms with E-state index in [0.29, 0.717) is 6.54 Å². The number of hydrogen-bond donors (Lipinski definition) is 2. The first-order valence-corrected chi connectivity index (χ1v) is 4.51. The second-order valence-electron chi connectivity index (χ2n) is 3.28. The van der Waals surface area contributed by atoms with Crippen molar-refractivity contribution in [2.75, 3.05) is 13.1 Å². The number of carbonyl (C=O) groups is 2. The van der Waals surface area contributed by atoms with E-state index < -0.39 is 0 Å². The van der Waals surface area contributed by atoms with Gasteiger partial charge in [-0.3, -0.25) is 9.59 Å². The van der Waals surface area contributed by atoms with Gasteiger partial charge in [0, 0.05) is 19.0 Å². The van der Waals surface area contributed by atoms with E-state index in [0.717, 1.165) is 0 Å². The maximum Gasteiger partial charge on any atom is 0.249 e. The smallest absolute Gasteiger partial charge is 0.249 e. The monoisotopic (exact) mass is 199 g/mol. The molecule has 2 unspecified atom stereocenters. The fourth-order valence-electron chi connectivity index (χ4n) is 0.778. The summed E-state index contributed by atoms with van der Waals surface area (Å²) >= 11 is 0. The predicted molar refractivity (Wildman–Crippen MR) is 54.9 cm³/mol. The van der Waals surface area contributed by atoms with Gasteiger partial charge in [0.05, 0.1) is 5.92 Å². The van der Waals surface area contributed by atoms with Crippen LogP contribution in [-0.4, -0.2) is 31.6 Å². The minimum absolute atomic E-state index is 0.142. The number of nitrogens with two attached hydrogens (primary N) is 1. The van der Waals surface area contributed by atoms with E-state index in [4.69, 9.17) is 5.73 Å². The van der Waals surface area contributed by atoms with Gasteiger partial charge in [-0.25, -0.2) is 4.99 Å². The number of nitrogens with zero attached hydrogens (tertiary/aromatic N) is 1. The highest BCUT2D eigenvalue weighted by molar-refractivity contribution is 5.84. The summed E-state index contributed by atoms with van der Waals surface area (Å²) in [5.74, 6) is -1.02. The van der Waals surface area contributed by atoms with E-state index in [-0.39, 0.29) is 30.2 Å². The number of aliphatic imine (C=N–C) groups is 1. The summed E-state index contributed by atoms with van der Waals surface area (Å²) in [4.78, 5) is 25.5. The lowest BCUT2D eigenvalue weighted by Gasteiger charge is -2.12. The Hall–Kier alpha value is -1.23. The molecule has 0 aliphatic heterocycles. The van der Waals surface area contributed by atoms with Crippen LogP contribution in [0.4, 0.5) is 0 Å². The zero-order valence-corrected chi connectivity index (χ0v) is 8.62. The van der Waals surface area contributed by atoms with Crippen molar-refractivity contribution in [3.8, 4) is 0 Å². The highest BCUT2D eigenvalue weighted by Gasteiger charge is 2.14. The van der Waals surface area contributed by atoms with Crippen molar-refractivity contribution in [1.82, 2.24) is 5.32 Å². The van der Waals surface area contributed by atoms with Crippen LogP contribution in [0, 0.1) is 11.8 Å². The highest BCUT2D eigenvalue weighted by atomic mass is 16.2. The number of hydrogen-bond acceptors (Lipinski definition) is 3. The molecular formula is C9H17N3O2. The van der Waals surface area contributed by atoms with Crippen LogP contribution in [0.2, 0.25) is 0 Å². The molecule has 0 aliphatic carbocycles. The summed E-state index contributed by atoms with van der Waals surface area (Å²) in [6.07, 6.45) is 0. The van der Waals surface area contributed by atoms with E-state index in [1.165, 1.54) is 0 Å². The maximum absolute atomic E-state index is 11.2. The first kappa shape index (κ1) is 12.8. The van der Waals surface area contributed by atoms with E-state index >= 15 is 0 Å². The fraction of sp³-hybridized carbons (Fsp3) is 0.667. The van der Waals surface area contributed by atoms with Crippen LogP contribution in [-0.2, 0) is 9.59 Å². The standard InChI is InChI=1S/C9H17N3O2/c1-6(4-10)9(14)12-5-7(2)8(13)11-3/h6-7H,3-5,10H2,1-2H3,(H,12,14). The van der Waals surface area contributed by atoms with Crippen molar-refractivity contribution >= 4 is 18.5 Å². The molecule has 0 heterocycles. The summed E-state index contributed by atoms with van der Waals surface area (Å²) < 4.78 is 0. The summed E-state index contributed by atoms with van der Waals surface area (Å²) in [6.45, 7) is 7.12. The number of carbonyl (C=O) groups excluding carboxylic acids is 2. The topological polar surface area (TPSA) is 84.5 Å². The molecule has 5 nitrogen and oxygen atoms in total. The molecule has 0 bridgehead atoms. The summed E-state index contributed by atoms with van der Waals surface area (Å²) in [7, 11) is 0. The molecule has 14 heavy (non-hydrogen) atoms. The minimum Gasteiger partial charge on any atom is -0.355 e. The molecule has 0 aromatic carbocycles. The maximum atomic E-state index is 11.2. The Labute approximate surface area is 83.8 Å². The van der Waals surface area contributed by atoms with Crippen LogP contribution in [0.25, 0.3) is 0 Å². The van der Waals surface area contributed by atoms with Gasteiger partial charge in [-0.15, -0.1) is 0 Å². The van der Waals surface area contributed by atoms with Crippen molar-refractivity contribution < 1.29 is 9.59 Å². The van der Waals surface area contributed by atoms with Crippen molar-refractivity contribution in [3.05, 3.63) is 0 Å². The molecule has 0 fully saturated rings. The van der Waals surface area contributed by atoms with Crippen LogP contribution >= 0.6 is 0 Å². The Morgan fingerprint density at radius 2 is 2.00 bits per heavy atom. The molecule has 5 heteroatoms. The predicted octanol–water partition coefficient (Wildman–Crippen LogP) is -0.439. The quantitative estimate of drug-likeness (QED) is 0.589. The van der Waals surface area contributed by atoms with Gasteiger partial charge in [0.25, 0.3) is 0 Å². The molecule has 0 saturated carbocycles. The van der Waals surface area contributed by atoms with Crippen LogP contribution < -0.4 is 11.1 Å². The summed E-state index contributed by atoms with van der Waals surface area (Å²) in [6, 6.07) is 0. The third-order valence-corrected chi connectivity index (χ3v) is 1.96. The van der Waals surface area contributed by atoms with Crippen molar-refractivity contribution in [2.24, 2.45) is 22.6 Å². The first-order chi connectivity index (χ1) is 6.52. The van der Waals surface area contributed by atoms with E-state index in [9.17, 15) is 9.59 Å². The van der Waals surface area contributed by atoms with E-state index in [1.54, 1.807) is 13.8 Å². The van der Waals surface area contributed by atoms with Gasteiger partial charge >= 0.3 is 0 Å².